The van der Waals surface area contributed by atoms with Crippen molar-refractivity contribution in [1.82, 2.24) is 34.7 Å². The normalized spacial score (nSPS) is 13.2. The Hall–Kier alpha value is -3.68. The van der Waals surface area contributed by atoms with Crippen LogP contribution in [0.25, 0.3) is 17.1 Å². The maximum absolute atomic E-state index is 13.7. The quantitative estimate of drug-likeness (QED) is 0.290. The molecule has 2 atom stereocenters. The lowest BCUT2D eigenvalue weighted by molar-refractivity contribution is 0.0987. The van der Waals surface area contributed by atoms with Crippen molar-refractivity contribution < 1.29 is 22.6 Å². The van der Waals surface area contributed by atoms with Gasteiger partial charge in [0.25, 0.3) is 0 Å². The molecule has 0 radical (unpaired) electrons. The molecule has 4 aromatic rings. The van der Waals surface area contributed by atoms with Gasteiger partial charge in [0.15, 0.2) is 27.2 Å². The summed E-state index contributed by atoms with van der Waals surface area (Å²) in [5, 5.41) is 7.93. The minimum Gasteiger partial charge on any atom is -0.479 e. The molecule has 0 aromatic carbocycles. The van der Waals surface area contributed by atoms with E-state index in [0.717, 1.165) is 0 Å². The average Bonchev–Trinajstić information content (AvgIpc) is 3.32. The molecule has 4 aromatic heterocycles. The summed E-state index contributed by atoms with van der Waals surface area (Å²) in [7, 11) is 0.404. The second-order valence-corrected chi connectivity index (χ2v) is 10.6. The van der Waals surface area contributed by atoms with E-state index in [-0.39, 0.29) is 23.3 Å². The zero-order chi connectivity index (χ0) is 26.6. The highest BCUT2D eigenvalue weighted by Crippen LogP contribution is 2.34. The summed E-state index contributed by atoms with van der Waals surface area (Å²) in [6, 6.07) is 6.75. The van der Waals surface area contributed by atoms with E-state index >= 15 is 0 Å². The fraction of sp³-hybridized carbons (Fsp3) is 0.304. The SMILES string of the molecule is COc1ncnc(OC)c1-n1c(CS(=O)(=O)[C@@H](C)[C@H](OC)c2ccc(Cl)cn2)nnc1-c1cccnc1. The van der Waals surface area contributed by atoms with Crippen molar-refractivity contribution in [2.45, 2.75) is 24.0 Å². The van der Waals surface area contributed by atoms with E-state index < -0.39 is 26.9 Å². The minimum atomic E-state index is -3.88. The van der Waals surface area contributed by atoms with Crippen LogP contribution in [0.2, 0.25) is 5.02 Å². The number of hydrogen-bond acceptors (Lipinski definition) is 11. The van der Waals surface area contributed by atoms with Crippen LogP contribution in [0.3, 0.4) is 0 Å². The summed E-state index contributed by atoms with van der Waals surface area (Å²) in [5.74, 6) is 0.194. The van der Waals surface area contributed by atoms with Crippen LogP contribution in [0.5, 0.6) is 11.8 Å². The van der Waals surface area contributed by atoms with Crippen molar-refractivity contribution in [2.75, 3.05) is 21.3 Å². The van der Waals surface area contributed by atoms with Gasteiger partial charge in [-0.05, 0) is 31.2 Å². The number of aromatic nitrogens is 7. The summed E-state index contributed by atoms with van der Waals surface area (Å²) in [5.41, 5.74) is 1.26. The number of methoxy groups -OCH3 is 3. The van der Waals surface area contributed by atoms with Crippen LogP contribution in [0.15, 0.2) is 49.2 Å². The van der Waals surface area contributed by atoms with Gasteiger partial charge in [0.2, 0.25) is 11.8 Å². The first kappa shape index (κ1) is 26.4. The van der Waals surface area contributed by atoms with Gasteiger partial charge in [-0.1, -0.05) is 11.6 Å². The molecule has 12 nitrogen and oxygen atoms in total. The second kappa shape index (κ2) is 11.2. The van der Waals surface area contributed by atoms with Gasteiger partial charge in [0.1, 0.15) is 18.2 Å². The molecule has 0 saturated carbocycles. The lowest BCUT2D eigenvalue weighted by Gasteiger charge is -2.22. The van der Waals surface area contributed by atoms with Crippen LogP contribution in [0.4, 0.5) is 0 Å². The molecule has 37 heavy (non-hydrogen) atoms. The standard InChI is InChI=1S/C23H24ClN7O5S/c1-14(20(34-2)17-8-7-16(24)11-26-17)37(32,33)12-18-29-30-21(15-6-5-9-25-10-15)31(18)19-22(35-3)27-13-28-23(19)36-4/h5-11,13-14,20H,12H2,1-4H3/t14-,20-/m0/s1. The highest BCUT2D eigenvalue weighted by molar-refractivity contribution is 7.91. The Balaban J connectivity index is 1.83. The Bertz CT molecular complexity index is 1440. The average molecular weight is 546 g/mol. The Kier molecular flexibility index (Phi) is 7.95. The second-order valence-electron chi connectivity index (χ2n) is 7.83. The summed E-state index contributed by atoms with van der Waals surface area (Å²) >= 11 is 5.94. The fourth-order valence-electron chi connectivity index (χ4n) is 3.77. The molecule has 0 N–H and O–H groups in total. The molecule has 14 heteroatoms. The lowest BCUT2D eigenvalue weighted by atomic mass is 10.2. The number of ether oxygens (including phenoxy) is 3. The predicted octanol–water partition coefficient (Wildman–Crippen LogP) is 2.88. The van der Waals surface area contributed by atoms with E-state index in [4.69, 9.17) is 25.8 Å². The number of sulfone groups is 1. The molecule has 0 aliphatic heterocycles. The van der Waals surface area contributed by atoms with Gasteiger partial charge in [0.05, 0.1) is 30.2 Å². The van der Waals surface area contributed by atoms with E-state index in [1.807, 2.05) is 0 Å². The van der Waals surface area contributed by atoms with Gasteiger partial charge in [-0.15, -0.1) is 10.2 Å². The molecule has 0 bridgehead atoms. The summed E-state index contributed by atoms with van der Waals surface area (Å²) in [6.45, 7) is 1.55. The Morgan fingerprint density at radius 2 is 1.73 bits per heavy atom. The van der Waals surface area contributed by atoms with Crippen molar-refractivity contribution in [3.05, 3.63) is 65.7 Å². The third-order valence-electron chi connectivity index (χ3n) is 5.63. The zero-order valence-electron chi connectivity index (χ0n) is 20.4. The predicted molar refractivity (Wildman–Crippen MR) is 134 cm³/mol. The number of pyridine rings is 2. The Labute approximate surface area is 218 Å². The van der Waals surface area contributed by atoms with Crippen LogP contribution in [0, 0.1) is 0 Å². The first-order valence-corrected chi connectivity index (χ1v) is 13.0. The molecule has 0 amide bonds. The molecular weight excluding hydrogens is 522 g/mol. The molecule has 194 valence electrons. The maximum Gasteiger partial charge on any atom is 0.245 e. The third kappa shape index (κ3) is 5.38. The van der Waals surface area contributed by atoms with Crippen molar-refractivity contribution in [1.29, 1.82) is 0 Å². The molecule has 4 rings (SSSR count). The molecule has 0 spiro atoms. The van der Waals surface area contributed by atoms with Crippen LogP contribution in [-0.2, 0) is 20.3 Å². The highest BCUT2D eigenvalue weighted by Gasteiger charge is 2.35. The first-order chi connectivity index (χ1) is 17.8. The molecular formula is C23H24ClN7O5S. The largest absolute Gasteiger partial charge is 0.479 e. The Morgan fingerprint density at radius 1 is 1.00 bits per heavy atom. The monoisotopic (exact) mass is 545 g/mol. The van der Waals surface area contributed by atoms with Crippen molar-refractivity contribution in [3.8, 4) is 28.8 Å². The Morgan fingerprint density at radius 3 is 2.30 bits per heavy atom. The van der Waals surface area contributed by atoms with Gasteiger partial charge >= 0.3 is 0 Å². The van der Waals surface area contributed by atoms with Crippen molar-refractivity contribution in [2.24, 2.45) is 0 Å². The van der Waals surface area contributed by atoms with E-state index in [2.05, 4.69) is 30.1 Å². The highest BCUT2D eigenvalue weighted by atomic mass is 35.5. The van der Waals surface area contributed by atoms with Crippen LogP contribution in [-0.4, -0.2) is 69.7 Å². The number of nitrogens with zero attached hydrogens (tertiary/aromatic N) is 7. The molecule has 0 aliphatic rings. The van der Waals surface area contributed by atoms with E-state index in [9.17, 15) is 8.42 Å². The van der Waals surface area contributed by atoms with Crippen molar-refractivity contribution in [3.63, 3.8) is 0 Å². The van der Waals surface area contributed by atoms with E-state index in [0.29, 0.717) is 22.1 Å². The number of halogens is 1. The van der Waals surface area contributed by atoms with Crippen LogP contribution >= 0.6 is 11.6 Å². The number of rotatable bonds is 10. The van der Waals surface area contributed by atoms with Gasteiger partial charge in [-0.25, -0.2) is 8.42 Å². The van der Waals surface area contributed by atoms with E-state index in [1.165, 1.54) is 38.4 Å². The lowest BCUT2D eigenvalue weighted by Crippen LogP contribution is -2.29. The minimum absolute atomic E-state index is 0.0935. The molecule has 0 unspecified atom stereocenters. The first-order valence-electron chi connectivity index (χ1n) is 10.9. The topological polar surface area (TPSA) is 144 Å². The fourth-order valence-corrected chi connectivity index (χ4v) is 5.32. The van der Waals surface area contributed by atoms with Crippen LogP contribution in [0.1, 0.15) is 24.5 Å². The number of hydrogen-bond donors (Lipinski definition) is 0. The van der Waals surface area contributed by atoms with Gasteiger partial charge < -0.3 is 14.2 Å². The van der Waals surface area contributed by atoms with Gasteiger partial charge in [-0.3, -0.25) is 14.5 Å². The van der Waals surface area contributed by atoms with E-state index in [1.54, 1.807) is 43.6 Å². The molecule has 4 heterocycles. The zero-order valence-corrected chi connectivity index (χ0v) is 22.0. The summed E-state index contributed by atoms with van der Waals surface area (Å²) in [6.07, 6.45) is 5.06. The van der Waals surface area contributed by atoms with Crippen LogP contribution < -0.4 is 9.47 Å². The molecule has 0 fully saturated rings. The molecule has 0 saturated heterocycles. The van der Waals surface area contributed by atoms with Crippen molar-refractivity contribution >= 4 is 21.4 Å². The van der Waals surface area contributed by atoms with Gasteiger partial charge in [0, 0.05) is 31.3 Å². The molecule has 0 aliphatic carbocycles. The third-order valence-corrected chi connectivity index (χ3v) is 7.90. The summed E-state index contributed by atoms with van der Waals surface area (Å²) < 4.78 is 45.2. The maximum atomic E-state index is 13.7. The smallest absolute Gasteiger partial charge is 0.245 e. The van der Waals surface area contributed by atoms with Gasteiger partial charge in [-0.2, -0.15) is 9.97 Å². The summed E-state index contributed by atoms with van der Waals surface area (Å²) in [4.78, 5) is 16.7.